The van der Waals surface area contributed by atoms with Gasteiger partial charge < -0.3 is 16.0 Å². The van der Waals surface area contributed by atoms with E-state index in [0.29, 0.717) is 13.0 Å². The van der Waals surface area contributed by atoms with E-state index in [-0.39, 0.29) is 23.8 Å². The monoisotopic (exact) mass is 297 g/mol. The average molecular weight is 297 g/mol. The molecule has 21 heavy (non-hydrogen) atoms. The molecular formula is C16H31N3O2. The van der Waals surface area contributed by atoms with E-state index in [1.807, 2.05) is 6.92 Å². The zero-order valence-corrected chi connectivity index (χ0v) is 13.5. The molecular weight excluding hydrogens is 266 g/mol. The molecule has 0 aromatic rings. The first-order valence-electron chi connectivity index (χ1n) is 8.41. The molecule has 0 aliphatic heterocycles. The lowest BCUT2D eigenvalue weighted by atomic mass is 9.88. The lowest BCUT2D eigenvalue weighted by molar-refractivity contribution is -0.127. The van der Waals surface area contributed by atoms with Crippen molar-refractivity contribution in [3.8, 4) is 0 Å². The van der Waals surface area contributed by atoms with Gasteiger partial charge in [0.25, 0.3) is 0 Å². The third-order valence-corrected chi connectivity index (χ3v) is 3.91. The predicted octanol–water partition coefficient (Wildman–Crippen LogP) is 1.58. The molecule has 0 bridgehead atoms. The molecule has 0 heterocycles. The maximum Gasteiger partial charge on any atom is 0.223 e. The third-order valence-electron chi connectivity index (χ3n) is 3.91. The van der Waals surface area contributed by atoms with Crippen LogP contribution in [0.2, 0.25) is 0 Å². The maximum atomic E-state index is 12.1. The molecule has 1 saturated carbocycles. The zero-order chi connectivity index (χ0) is 15.5. The second kappa shape index (κ2) is 10.6. The summed E-state index contributed by atoms with van der Waals surface area (Å²) in [4.78, 5) is 23.8. The first kappa shape index (κ1) is 18.0. The van der Waals surface area contributed by atoms with Crippen LogP contribution in [0, 0.1) is 5.92 Å². The molecule has 5 heteroatoms. The van der Waals surface area contributed by atoms with Crippen LogP contribution in [0.4, 0.5) is 0 Å². The summed E-state index contributed by atoms with van der Waals surface area (Å²) in [7, 11) is 0. The first-order chi connectivity index (χ1) is 10.1. The van der Waals surface area contributed by atoms with Gasteiger partial charge >= 0.3 is 0 Å². The Bertz CT molecular complexity index is 315. The summed E-state index contributed by atoms with van der Waals surface area (Å²) >= 11 is 0. The van der Waals surface area contributed by atoms with Crippen LogP contribution in [-0.4, -0.2) is 37.5 Å². The first-order valence-corrected chi connectivity index (χ1v) is 8.41. The zero-order valence-electron chi connectivity index (χ0n) is 13.5. The van der Waals surface area contributed by atoms with Crippen LogP contribution in [-0.2, 0) is 9.59 Å². The Morgan fingerprint density at radius 3 is 2.48 bits per heavy atom. The molecule has 1 unspecified atom stereocenters. The largest absolute Gasteiger partial charge is 0.355 e. The normalized spacial score (nSPS) is 17.2. The van der Waals surface area contributed by atoms with Gasteiger partial charge in [0.05, 0.1) is 0 Å². The van der Waals surface area contributed by atoms with Crippen LogP contribution < -0.4 is 16.0 Å². The molecule has 0 saturated heterocycles. The number of amides is 2. The summed E-state index contributed by atoms with van der Waals surface area (Å²) in [6.07, 6.45) is 6.98. The van der Waals surface area contributed by atoms with E-state index in [9.17, 15) is 9.59 Å². The Labute approximate surface area is 128 Å². The summed E-state index contributed by atoms with van der Waals surface area (Å²) in [6, 6.07) is -0.0944. The fourth-order valence-electron chi connectivity index (χ4n) is 2.72. The summed E-state index contributed by atoms with van der Waals surface area (Å²) in [6.45, 7) is 6.42. The minimum atomic E-state index is -0.0944. The molecule has 3 N–H and O–H groups in total. The maximum absolute atomic E-state index is 12.1. The van der Waals surface area contributed by atoms with E-state index >= 15 is 0 Å². The Morgan fingerprint density at radius 1 is 1.10 bits per heavy atom. The molecule has 0 spiro atoms. The Hall–Kier alpha value is -1.10. The number of carbonyl (C=O) groups is 2. The molecule has 122 valence electrons. The number of nitrogens with one attached hydrogen (secondary N) is 3. The van der Waals surface area contributed by atoms with Gasteiger partial charge in [-0.3, -0.25) is 9.59 Å². The molecule has 1 aliphatic rings. The van der Waals surface area contributed by atoms with E-state index < -0.39 is 0 Å². The van der Waals surface area contributed by atoms with Crippen molar-refractivity contribution in [2.45, 2.75) is 64.8 Å². The van der Waals surface area contributed by atoms with Crippen molar-refractivity contribution in [2.75, 3.05) is 19.6 Å². The van der Waals surface area contributed by atoms with Crippen LogP contribution >= 0.6 is 0 Å². The van der Waals surface area contributed by atoms with Crippen LogP contribution in [0.1, 0.15) is 58.8 Å². The molecule has 1 rings (SSSR count). The van der Waals surface area contributed by atoms with E-state index in [2.05, 4.69) is 22.9 Å². The topological polar surface area (TPSA) is 70.2 Å². The van der Waals surface area contributed by atoms with E-state index in [1.165, 1.54) is 6.42 Å². The van der Waals surface area contributed by atoms with Crippen LogP contribution in [0.3, 0.4) is 0 Å². The van der Waals surface area contributed by atoms with E-state index in [4.69, 9.17) is 0 Å². The van der Waals surface area contributed by atoms with Crippen molar-refractivity contribution in [1.29, 1.82) is 0 Å². The van der Waals surface area contributed by atoms with Crippen molar-refractivity contribution in [3.05, 3.63) is 0 Å². The third kappa shape index (κ3) is 8.05. The van der Waals surface area contributed by atoms with Crippen LogP contribution in [0.5, 0.6) is 0 Å². The van der Waals surface area contributed by atoms with E-state index in [1.54, 1.807) is 0 Å². The molecule has 0 radical (unpaired) electrons. The van der Waals surface area contributed by atoms with Crippen molar-refractivity contribution >= 4 is 11.8 Å². The minimum absolute atomic E-state index is 0.00439. The summed E-state index contributed by atoms with van der Waals surface area (Å²) in [5.74, 6) is 0.284. The number of hydrogen-bond acceptors (Lipinski definition) is 3. The number of carbonyl (C=O) groups excluding carboxylic acids is 2. The van der Waals surface area contributed by atoms with Gasteiger partial charge in [0.15, 0.2) is 0 Å². The van der Waals surface area contributed by atoms with Gasteiger partial charge in [0, 0.05) is 31.5 Å². The Morgan fingerprint density at radius 2 is 1.81 bits per heavy atom. The van der Waals surface area contributed by atoms with Crippen molar-refractivity contribution in [3.63, 3.8) is 0 Å². The second-order valence-electron chi connectivity index (χ2n) is 6.05. The standard InChI is InChI=1S/C16H31N3O2/c1-3-9-17-10-11-18-15(20)12-13(2)19-16(21)14-7-5-4-6-8-14/h13-14,17H,3-12H2,1-2H3,(H,18,20)(H,19,21). The van der Waals surface area contributed by atoms with Gasteiger partial charge in [-0.25, -0.2) is 0 Å². The minimum Gasteiger partial charge on any atom is -0.355 e. The quantitative estimate of drug-likeness (QED) is 0.566. The fraction of sp³-hybridized carbons (Fsp3) is 0.875. The Kier molecular flexibility index (Phi) is 9.06. The second-order valence-corrected chi connectivity index (χ2v) is 6.05. The molecule has 5 nitrogen and oxygen atoms in total. The summed E-state index contributed by atoms with van der Waals surface area (Å²) < 4.78 is 0. The van der Waals surface area contributed by atoms with Gasteiger partial charge in [0.1, 0.15) is 0 Å². The number of hydrogen-bond donors (Lipinski definition) is 3. The van der Waals surface area contributed by atoms with Crippen LogP contribution in [0.25, 0.3) is 0 Å². The molecule has 0 aromatic carbocycles. The SMILES string of the molecule is CCCNCCNC(=O)CC(C)NC(=O)C1CCCCC1. The fourth-order valence-corrected chi connectivity index (χ4v) is 2.72. The average Bonchev–Trinajstić information content (AvgIpc) is 2.47. The van der Waals surface area contributed by atoms with Crippen LogP contribution in [0.15, 0.2) is 0 Å². The van der Waals surface area contributed by atoms with Gasteiger partial charge in [-0.15, -0.1) is 0 Å². The highest BCUT2D eigenvalue weighted by Crippen LogP contribution is 2.23. The van der Waals surface area contributed by atoms with Crippen molar-refractivity contribution in [2.24, 2.45) is 5.92 Å². The molecule has 1 aliphatic carbocycles. The highest BCUT2D eigenvalue weighted by Gasteiger charge is 2.22. The highest BCUT2D eigenvalue weighted by molar-refractivity contribution is 5.81. The Balaban J connectivity index is 2.12. The predicted molar refractivity (Wildman–Crippen MR) is 85.0 cm³/mol. The smallest absolute Gasteiger partial charge is 0.223 e. The molecule has 1 fully saturated rings. The summed E-state index contributed by atoms with van der Waals surface area (Å²) in [5, 5.41) is 9.08. The van der Waals surface area contributed by atoms with E-state index in [0.717, 1.165) is 45.2 Å². The van der Waals surface area contributed by atoms with Crippen molar-refractivity contribution in [1.82, 2.24) is 16.0 Å². The lowest BCUT2D eigenvalue weighted by Crippen LogP contribution is -2.41. The molecule has 2 amide bonds. The molecule has 1 atom stereocenters. The van der Waals surface area contributed by atoms with Crippen molar-refractivity contribution < 1.29 is 9.59 Å². The highest BCUT2D eigenvalue weighted by atomic mass is 16.2. The van der Waals surface area contributed by atoms with Gasteiger partial charge in [-0.05, 0) is 32.7 Å². The van der Waals surface area contributed by atoms with Gasteiger partial charge in [-0.1, -0.05) is 26.2 Å². The molecule has 0 aromatic heterocycles. The van der Waals surface area contributed by atoms with Gasteiger partial charge in [-0.2, -0.15) is 0 Å². The summed E-state index contributed by atoms with van der Waals surface area (Å²) in [5.41, 5.74) is 0. The number of rotatable bonds is 9. The lowest BCUT2D eigenvalue weighted by Gasteiger charge is -2.23. The van der Waals surface area contributed by atoms with Gasteiger partial charge in [0.2, 0.25) is 11.8 Å².